The summed E-state index contributed by atoms with van der Waals surface area (Å²) in [5.41, 5.74) is 1.46. The van der Waals surface area contributed by atoms with E-state index in [2.05, 4.69) is 4.72 Å². The molecule has 3 aromatic rings. The number of fused-ring (bicyclic) bond motifs is 1. The van der Waals surface area contributed by atoms with Crippen molar-refractivity contribution in [2.75, 3.05) is 9.62 Å². The topological polar surface area (TPSA) is 83.6 Å². The van der Waals surface area contributed by atoms with Gasteiger partial charge in [-0.1, -0.05) is 36.4 Å². The molecule has 6 nitrogen and oxygen atoms in total. The highest BCUT2D eigenvalue weighted by Gasteiger charge is 2.31. The van der Waals surface area contributed by atoms with Gasteiger partial charge in [-0.25, -0.2) is 8.42 Å². The molecule has 1 aliphatic rings. The summed E-state index contributed by atoms with van der Waals surface area (Å²) in [6.45, 7) is 1.69. The Labute approximate surface area is 162 Å². The van der Waals surface area contributed by atoms with Crippen molar-refractivity contribution in [3.05, 3.63) is 66.2 Å². The molecule has 1 fully saturated rings. The van der Waals surface area contributed by atoms with Gasteiger partial charge in [-0.3, -0.25) is 19.2 Å². The van der Waals surface area contributed by atoms with E-state index >= 15 is 0 Å². The fraction of sp³-hybridized carbons (Fsp3) is 0.143. The number of hydrogen-bond acceptors (Lipinski definition) is 4. The van der Waals surface area contributed by atoms with Gasteiger partial charge < -0.3 is 0 Å². The highest BCUT2D eigenvalue weighted by atomic mass is 32.2. The molecule has 2 amide bonds. The van der Waals surface area contributed by atoms with Crippen LogP contribution in [-0.4, -0.2) is 20.2 Å². The molecule has 7 heteroatoms. The molecule has 1 N–H and O–H groups in total. The molecule has 0 unspecified atom stereocenters. The van der Waals surface area contributed by atoms with Crippen LogP contribution >= 0.6 is 0 Å². The van der Waals surface area contributed by atoms with Crippen LogP contribution < -0.4 is 9.62 Å². The number of hydrogen-bond donors (Lipinski definition) is 1. The lowest BCUT2D eigenvalue weighted by Gasteiger charge is -2.18. The summed E-state index contributed by atoms with van der Waals surface area (Å²) in [6, 6.07) is 17.3. The van der Waals surface area contributed by atoms with E-state index in [1.165, 1.54) is 18.2 Å². The first-order valence-electron chi connectivity index (χ1n) is 8.84. The molecule has 1 aliphatic heterocycles. The number of aryl methyl sites for hydroxylation is 1. The number of carbonyl (C=O) groups excluding carboxylic acids is 2. The van der Waals surface area contributed by atoms with Gasteiger partial charge in [0.05, 0.1) is 16.3 Å². The standard InChI is InChI=1S/C21H18N2O4S/c1-14-13-16(9-10-19(14)23-20(24)11-12-21(23)25)28(26,27)22-18-8-4-6-15-5-2-3-7-17(15)18/h2-10,13,22H,11-12H2,1H3. The van der Waals surface area contributed by atoms with Crippen LogP contribution in [0.15, 0.2) is 65.6 Å². The van der Waals surface area contributed by atoms with Crippen molar-refractivity contribution in [3.8, 4) is 0 Å². The number of nitrogens with one attached hydrogen (secondary N) is 1. The van der Waals surface area contributed by atoms with Crippen molar-refractivity contribution in [2.24, 2.45) is 0 Å². The fourth-order valence-corrected chi connectivity index (χ4v) is 4.57. The van der Waals surface area contributed by atoms with Gasteiger partial charge in [0.2, 0.25) is 11.8 Å². The second kappa shape index (κ2) is 6.76. The summed E-state index contributed by atoms with van der Waals surface area (Å²) < 4.78 is 28.4. The summed E-state index contributed by atoms with van der Waals surface area (Å²) in [6.07, 6.45) is 0.363. The molecule has 0 saturated carbocycles. The van der Waals surface area contributed by atoms with Crippen LogP contribution in [0.2, 0.25) is 0 Å². The summed E-state index contributed by atoms with van der Waals surface area (Å²) in [5.74, 6) is -0.532. The van der Waals surface area contributed by atoms with Crippen LogP contribution in [-0.2, 0) is 19.6 Å². The maximum atomic E-state index is 12.9. The van der Waals surface area contributed by atoms with Crippen LogP contribution in [0.3, 0.4) is 0 Å². The maximum Gasteiger partial charge on any atom is 0.261 e. The predicted molar refractivity (Wildman–Crippen MR) is 108 cm³/mol. The zero-order valence-corrected chi connectivity index (χ0v) is 16.0. The quantitative estimate of drug-likeness (QED) is 0.686. The van der Waals surface area contributed by atoms with Gasteiger partial charge in [0.25, 0.3) is 10.0 Å². The van der Waals surface area contributed by atoms with E-state index in [0.717, 1.165) is 15.7 Å². The smallest absolute Gasteiger partial charge is 0.261 e. The Hall–Kier alpha value is -3.19. The molecule has 1 saturated heterocycles. The van der Waals surface area contributed by atoms with Crippen molar-refractivity contribution in [1.82, 2.24) is 0 Å². The van der Waals surface area contributed by atoms with E-state index in [-0.39, 0.29) is 29.6 Å². The first kappa shape index (κ1) is 18.2. The molecule has 0 aromatic heterocycles. The van der Waals surface area contributed by atoms with Crippen LogP contribution in [0.5, 0.6) is 0 Å². The third-order valence-electron chi connectivity index (χ3n) is 4.80. The number of amides is 2. The SMILES string of the molecule is Cc1cc(S(=O)(=O)Nc2cccc3ccccc23)ccc1N1C(=O)CCC1=O. The maximum absolute atomic E-state index is 12.9. The molecule has 0 aliphatic carbocycles. The predicted octanol–water partition coefficient (Wildman–Crippen LogP) is 3.60. The average molecular weight is 394 g/mol. The normalized spacial score (nSPS) is 14.7. The van der Waals surface area contributed by atoms with E-state index in [0.29, 0.717) is 16.9 Å². The first-order valence-corrected chi connectivity index (χ1v) is 10.3. The highest BCUT2D eigenvalue weighted by Crippen LogP contribution is 2.30. The van der Waals surface area contributed by atoms with E-state index in [1.807, 2.05) is 30.3 Å². The minimum Gasteiger partial charge on any atom is -0.279 e. The number of rotatable bonds is 4. The third kappa shape index (κ3) is 3.14. The number of anilines is 2. The van der Waals surface area contributed by atoms with Gasteiger partial charge in [0, 0.05) is 18.2 Å². The van der Waals surface area contributed by atoms with E-state index < -0.39 is 10.0 Å². The number of nitrogens with zero attached hydrogens (tertiary/aromatic N) is 1. The number of imide groups is 1. The lowest BCUT2D eigenvalue weighted by Crippen LogP contribution is -2.29. The van der Waals surface area contributed by atoms with Crippen LogP contribution in [0.4, 0.5) is 11.4 Å². The van der Waals surface area contributed by atoms with Gasteiger partial charge in [0.15, 0.2) is 0 Å². The molecule has 3 aromatic carbocycles. The molecule has 4 rings (SSSR count). The Morgan fingerprint density at radius 1 is 0.893 bits per heavy atom. The fourth-order valence-electron chi connectivity index (χ4n) is 3.41. The lowest BCUT2D eigenvalue weighted by atomic mass is 10.1. The molecule has 0 atom stereocenters. The molecule has 28 heavy (non-hydrogen) atoms. The Morgan fingerprint density at radius 2 is 1.57 bits per heavy atom. The zero-order chi connectivity index (χ0) is 19.9. The molecule has 142 valence electrons. The Balaban J connectivity index is 1.69. The van der Waals surface area contributed by atoms with Gasteiger partial charge in [0.1, 0.15) is 0 Å². The van der Waals surface area contributed by atoms with Crippen molar-refractivity contribution in [3.63, 3.8) is 0 Å². The largest absolute Gasteiger partial charge is 0.279 e. The first-order chi connectivity index (χ1) is 13.4. The lowest BCUT2D eigenvalue weighted by molar-refractivity contribution is -0.121. The van der Waals surface area contributed by atoms with Crippen molar-refractivity contribution in [1.29, 1.82) is 0 Å². The zero-order valence-electron chi connectivity index (χ0n) is 15.2. The van der Waals surface area contributed by atoms with Crippen molar-refractivity contribution >= 4 is 44.0 Å². The second-order valence-corrected chi connectivity index (χ2v) is 8.39. The van der Waals surface area contributed by atoms with Crippen LogP contribution in [0, 0.1) is 6.92 Å². The third-order valence-corrected chi connectivity index (χ3v) is 6.17. The summed E-state index contributed by atoms with van der Waals surface area (Å²) in [7, 11) is -3.83. The van der Waals surface area contributed by atoms with Gasteiger partial charge in [-0.15, -0.1) is 0 Å². The van der Waals surface area contributed by atoms with Crippen LogP contribution in [0.25, 0.3) is 10.8 Å². The highest BCUT2D eigenvalue weighted by molar-refractivity contribution is 7.92. The van der Waals surface area contributed by atoms with Gasteiger partial charge >= 0.3 is 0 Å². The summed E-state index contributed by atoms with van der Waals surface area (Å²) in [4.78, 5) is 25.1. The van der Waals surface area contributed by atoms with E-state index in [4.69, 9.17) is 0 Å². The van der Waals surface area contributed by atoms with Crippen molar-refractivity contribution in [2.45, 2.75) is 24.7 Å². The second-order valence-electron chi connectivity index (χ2n) is 6.70. The monoisotopic (exact) mass is 394 g/mol. The number of benzene rings is 3. The molecule has 1 heterocycles. The average Bonchev–Trinajstić information content (AvgIpc) is 3.00. The minimum atomic E-state index is -3.83. The Morgan fingerprint density at radius 3 is 2.29 bits per heavy atom. The molecular formula is C21H18N2O4S. The van der Waals surface area contributed by atoms with Gasteiger partial charge in [-0.05, 0) is 42.1 Å². The van der Waals surface area contributed by atoms with Crippen LogP contribution in [0.1, 0.15) is 18.4 Å². The summed E-state index contributed by atoms with van der Waals surface area (Å²) >= 11 is 0. The van der Waals surface area contributed by atoms with E-state index in [1.54, 1.807) is 19.1 Å². The van der Waals surface area contributed by atoms with E-state index in [9.17, 15) is 18.0 Å². The molecule has 0 bridgehead atoms. The summed E-state index contributed by atoms with van der Waals surface area (Å²) in [5, 5.41) is 1.73. The Kier molecular flexibility index (Phi) is 4.39. The number of sulfonamides is 1. The van der Waals surface area contributed by atoms with Gasteiger partial charge in [-0.2, -0.15) is 0 Å². The number of carbonyl (C=O) groups is 2. The Bertz CT molecular complexity index is 1200. The van der Waals surface area contributed by atoms with Crippen molar-refractivity contribution < 1.29 is 18.0 Å². The molecule has 0 spiro atoms. The minimum absolute atomic E-state index is 0.0702. The molecular weight excluding hydrogens is 376 g/mol. The molecule has 0 radical (unpaired) electrons.